The number of benzene rings is 2. The van der Waals surface area contributed by atoms with Crippen LogP contribution >= 0.6 is 0 Å². The van der Waals surface area contributed by atoms with Gasteiger partial charge in [-0.15, -0.1) is 0 Å². The average Bonchev–Trinajstić information content (AvgIpc) is 2.49. The molecular weight excluding hydrogens is 232 g/mol. The van der Waals surface area contributed by atoms with Gasteiger partial charge < -0.3 is 4.74 Å². The molecule has 98 valence electrons. The van der Waals surface area contributed by atoms with Crippen LogP contribution in [0.15, 0.2) is 66.7 Å². The van der Waals surface area contributed by atoms with Crippen molar-refractivity contribution >= 4 is 6.08 Å². The lowest BCUT2D eigenvalue weighted by Crippen LogP contribution is -2.08. The lowest BCUT2D eigenvalue weighted by molar-refractivity contribution is 0.134. The van der Waals surface area contributed by atoms with E-state index in [1.165, 1.54) is 11.1 Å². The molecule has 0 saturated carbocycles. The van der Waals surface area contributed by atoms with Crippen LogP contribution in [0.2, 0.25) is 0 Å². The Morgan fingerprint density at radius 2 is 1.58 bits per heavy atom. The van der Waals surface area contributed by atoms with E-state index in [1.54, 1.807) is 7.11 Å². The summed E-state index contributed by atoms with van der Waals surface area (Å²) in [6.45, 7) is 0. The summed E-state index contributed by atoms with van der Waals surface area (Å²) in [6.07, 6.45) is 6.47. The highest BCUT2D eigenvalue weighted by Crippen LogP contribution is 2.10. The number of aryl methyl sites for hydroxylation is 1. The third-order valence-electron chi connectivity index (χ3n) is 3.17. The first-order valence-corrected chi connectivity index (χ1v) is 6.68. The number of hydrogen-bond acceptors (Lipinski definition) is 1. The first-order chi connectivity index (χ1) is 9.38. The van der Waals surface area contributed by atoms with Gasteiger partial charge in [-0.2, -0.15) is 0 Å². The maximum atomic E-state index is 5.51. The topological polar surface area (TPSA) is 9.23 Å². The molecule has 2 rings (SSSR count). The van der Waals surface area contributed by atoms with E-state index in [1.807, 2.05) is 24.3 Å². The molecule has 2 aromatic rings. The molecule has 0 saturated heterocycles. The molecule has 0 aliphatic rings. The van der Waals surface area contributed by atoms with Crippen LogP contribution in [0.5, 0.6) is 0 Å². The van der Waals surface area contributed by atoms with Crippen molar-refractivity contribution in [3.63, 3.8) is 0 Å². The summed E-state index contributed by atoms with van der Waals surface area (Å²) in [5.74, 6) is 0. The summed E-state index contributed by atoms with van der Waals surface area (Å²) in [6, 6.07) is 20.8. The van der Waals surface area contributed by atoms with Gasteiger partial charge in [0.15, 0.2) is 0 Å². The molecule has 0 amide bonds. The predicted octanol–water partition coefficient (Wildman–Crippen LogP) is 4.35. The van der Waals surface area contributed by atoms with Crippen LogP contribution in [0.1, 0.15) is 17.5 Å². The van der Waals surface area contributed by atoms with E-state index in [0.717, 1.165) is 12.8 Å². The molecule has 0 heterocycles. The molecule has 2 aromatic carbocycles. The van der Waals surface area contributed by atoms with Gasteiger partial charge in [0.2, 0.25) is 0 Å². The molecule has 1 unspecified atom stereocenters. The summed E-state index contributed by atoms with van der Waals surface area (Å²) in [7, 11) is 1.77. The van der Waals surface area contributed by atoms with E-state index in [4.69, 9.17) is 4.74 Å². The van der Waals surface area contributed by atoms with Crippen LogP contribution in [0.3, 0.4) is 0 Å². The molecular formula is C18H20O. The quantitative estimate of drug-likeness (QED) is 0.742. The van der Waals surface area contributed by atoms with Crippen LogP contribution < -0.4 is 0 Å². The molecule has 1 nitrogen and oxygen atoms in total. The molecule has 0 spiro atoms. The SMILES string of the molecule is COC(C=Cc1ccccc1)CCc1ccccc1. The van der Waals surface area contributed by atoms with Gasteiger partial charge in [0, 0.05) is 7.11 Å². The van der Waals surface area contributed by atoms with E-state index < -0.39 is 0 Å². The Labute approximate surface area is 115 Å². The molecule has 0 bridgehead atoms. The third kappa shape index (κ3) is 4.72. The highest BCUT2D eigenvalue weighted by molar-refractivity contribution is 5.49. The first-order valence-electron chi connectivity index (χ1n) is 6.68. The van der Waals surface area contributed by atoms with Crippen molar-refractivity contribution in [1.29, 1.82) is 0 Å². The summed E-state index contributed by atoms with van der Waals surface area (Å²) < 4.78 is 5.51. The van der Waals surface area contributed by atoms with E-state index in [0.29, 0.717) is 0 Å². The van der Waals surface area contributed by atoms with Crippen molar-refractivity contribution in [2.24, 2.45) is 0 Å². The van der Waals surface area contributed by atoms with Gasteiger partial charge in [-0.3, -0.25) is 0 Å². The highest BCUT2D eigenvalue weighted by atomic mass is 16.5. The molecule has 0 N–H and O–H groups in total. The molecule has 1 atom stereocenters. The third-order valence-corrected chi connectivity index (χ3v) is 3.17. The fourth-order valence-electron chi connectivity index (χ4n) is 2.03. The Hall–Kier alpha value is -1.86. The van der Waals surface area contributed by atoms with E-state index >= 15 is 0 Å². The van der Waals surface area contributed by atoms with E-state index in [-0.39, 0.29) is 6.10 Å². The Bertz CT molecular complexity index is 488. The normalized spacial score (nSPS) is 12.7. The summed E-state index contributed by atoms with van der Waals surface area (Å²) in [5.41, 5.74) is 2.57. The zero-order valence-corrected chi connectivity index (χ0v) is 11.3. The minimum Gasteiger partial charge on any atom is -0.377 e. The molecule has 0 aromatic heterocycles. The molecule has 0 aliphatic carbocycles. The van der Waals surface area contributed by atoms with Gasteiger partial charge in [0.25, 0.3) is 0 Å². The zero-order valence-electron chi connectivity index (χ0n) is 11.3. The first kappa shape index (κ1) is 13.6. The molecule has 0 fully saturated rings. The zero-order chi connectivity index (χ0) is 13.3. The summed E-state index contributed by atoms with van der Waals surface area (Å²) >= 11 is 0. The second-order valence-corrected chi connectivity index (χ2v) is 4.57. The number of rotatable bonds is 6. The Morgan fingerprint density at radius 3 is 2.21 bits per heavy atom. The maximum absolute atomic E-state index is 5.51. The fourth-order valence-corrected chi connectivity index (χ4v) is 2.03. The fraction of sp³-hybridized carbons (Fsp3) is 0.222. The predicted molar refractivity (Wildman–Crippen MR) is 81.0 cm³/mol. The standard InChI is InChI=1S/C18H20O/c1-19-18(14-12-16-8-4-2-5-9-16)15-13-17-10-6-3-7-11-17/h2-12,14,18H,13,15H2,1H3. The second kappa shape index (κ2) is 7.55. The molecule has 19 heavy (non-hydrogen) atoms. The molecule has 1 heteroatoms. The van der Waals surface area contributed by atoms with E-state index in [2.05, 4.69) is 48.6 Å². The van der Waals surface area contributed by atoms with Gasteiger partial charge in [-0.1, -0.05) is 72.8 Å². The van der Waals surface area contributed by atoms with Gasteiger partial charge in [-0.25, -0.2) is 0 Å². The minimum absolute atomic E-state index is 0.167. The van der Waals surface area contributed by atoms with Crippen LogP contribution in [-0.2, 0) is 11.2 Å². The number of ether oxygens (including phenoxy) is 1. The number of methoxy groups -OCH3 is 1. The lowest BCUT2D eigenvalue weighted by Gasteiger charge is -2.10. The summed E-state index contributed by atoms with van der Waals surface area (Å²) in [5, 5.41) is 0. The van der Waals surface area contributed by atoms with Gasteiger partial charge >= 0.3 is 0 Å². The van der Waals surface area contributed by atoms with E-state index in [9.17, 15) is 0 Å². The molecule has 0 aliphatic heterocycles. The highest BCUT2D eigenvalue weighted by Gasteiger charge is 2.03. The largest absolute Gasteiger partial charge is 0.377 e. The van der Waals surface area contributed by atoms with Gasteiger partial charge in [-0.05, 0) is 24.0 Å². The van der Waals surface area contributed by atoms with Crippen molar-refractivity contribution in [2.45, 2.75) is 18.9 Å². The van der Waals surface area contributed by atoms with Crippen molar-refractivity contribution in [1.82, 2.24) is 0 Å². The smallest absolute Gasteiger partial charge is 0.0758 e. The minimum atomic E-state index is 0.167. The Balaban J connectivity index is 1.88. The Morgan fingerprint density at radius 1 is 0.947 bits per heavy atom. The van der Waals surface area contributed by atoms with Gasteiger partial charge in [0.1, 0.15) is 0 Å². The maximum Gasteiger partial charge on any atom is 0.0758 e. The van der Waals surface area contributed by atoms with Crippen LogP contribution in [-0.4, -0.2) is 13.2 Å². The van der Waals surface area contributed by atoms with Gasteiger partial charge in [0.05, 0.1) is 6.10 Å². The van der Waals surface area contributed by atoms with Crippen LogP contribution in [0.4, 0.5) is 0 Å². The van der Waals surface area contributed by atoms with Crippen molar-refractivity contribution in [3.8, 4) is 0 Å². The molecule has 0 radical (unpaired) electrons. The van der Waals surface area contributed by atoms with Crippen LogP contribution in [0, 0.1) is 0 Å². The monoisotopic (exact) mass is 252 g/mol. The average molecular weight is 252 g/mol. The van der Waals surface area contributed by atoms with Crippen molar-refractivity contribution in [3.05, 3.63) is 77.9 Å². The Kier molecular flexibility index (Phi) is 5.39. The van der Waals surface area contributed by atoms with Crippen molar-refractivity contribution < 1.29 is 4.74 Å². The lowest BCUT2D eigenvalue weighted by atomic mass is 10.1. The number of hydrogen-bond donors (Lipinski definition) is 0. The van der Waals surface area contributed by atoms with Crippen LogP contribution in [0.25, 0.3) is 6.08 Å². The summed E-state index contributed by atoms with van der Waals surface area (Å²) in [4.78, 5) is 0. The van der Waals surface area contributed by atoms with Crippen molar-refractivity contribution in [2.75, 3.05) is 7.11 Å². The second-order valence-electron chi connectivity index (χ2n) is 4.57.